The van der Waals surface area contributed by atoms with Crippen molar-refractivity contribution in [2.75, 3.05) is 24.7 Å². The highest BCUT2D eigenvalue weighted by molar-refractivity contribution is 8.00. The number of rotatable bonds is 1. The van der Waals surface area contributed by atoms with Gasteiger partial charge in [0.15, 0.2) is 0 Å². The lowest BCUT2D eigenvalue weighted by molar-refractivity contribution is -0.128. The summed E-state index contributed by atoms with van der Waals surface area (Å²) in [5.74, 6) is 1.20. The maximum absolute atomic E-state index is 11.2. The Morgan fingerprint density at radius 1 is 1.67 bits per heavy atom. The molecule has 12 heavy (non-hydrogen) atoms. The van der Waals surface area contributed by atoms with Crippen LogP contribution in [0.25, 0.3) is 0 Å². The van der Waals surface area contributed by atoms with Crippen LogP contribution in [0.4, 0.5) is 0 Å². The fourth-order valence-corrected chi connectivity index (χ4v) is 2.59. The molecule has 0 bridgehead atoms. The zero-order valence-corrected chi connectivity index (χ0v) is 9.04. The summed E-state index contributed by atoms with van der Waals surface area (Å²) in [5, 5.41) is 0. The summed E-state index contributed by atoms with van der Waals surface area (Å²) in [4.78, 5) is 13.1. The number of thioether (sulfide) groups is 1. The third-order valence-electron chi connectivity index (χ3n) is 1.89. The molecule has 0 aliphatic carbocycles. The smallest absolute Gasteiger partial charge is 0.237 e. The van der Waals surface area contributed by atoms with E-state index in [1.54, 1.807) is 0 Å². The molecule has 1 amide bonds. The van der Waals surface area contributed by atoms with E-state index in [9.17, 15) is 4.79 Å². The number of amides is 1. The predicted molar refractivity (Wildman–Crippen MR) is 53.8 cm³/mol. The van der Waals surface area contributed by atoms with Gasteiger partial charge in [-0.15, -0.1) is 11.6 Å². The number of carbonyl (C=O) groups excluding carboxylic acids is 1. The molecule has 0 saturated carbocycles. The molecule has 4 heteroatoms. The average molecular weight is 208 g/mol. The second kappa shape index (κ2) is 3.88. The first-order valence-corrected chi connectivity index (χ1v) is 5.55. The number of hydrogen-bond acceptors (Lipinski definition) is 2. The van der Waals surface area contributed by atoms with Crippen LogP contribution in [0.3, 0.4) is 0 Å². The molecule has 1 fully saturated rings. The third-order valence-corrected chi connectivity index (χ3v) is 3.42. The fraction of sp³-hybridized carbons (Fsp3) is 0.875. The summed E-state index contributed by atoms with van der Waals surface area (Å²) in [7, 11) is 0. The van der Waals surface area contributed by atoms with Gasteiger partial charge in [0.1, 0.15) is 5.88 Å². The number of carbonyl (C=O) groups is 1. The van der Waals surface area contributed by atoms with Crippen LogP contribution in [0.15, 0.2) is 0 Å². The molecule has 0 aromatic heterocycles. The Balaban J connectivity index is 2.52. The molecule has 0 N–H and O–H groups in total. The van der Waals surface area contributed by atoms with Gasteiger partial charge in [-0.3, -0.25) is 4.79 Å². The lowest BCUT2D eigenvalue weighted by Gasteiger charge is -2.37. The average Bonchev–Trinajstić information content (AvgIpc) is 2.01. The fourth-order valence-electron chi connectivity index (χ4n) is 1.31. The van der Waals surface area contributed by atoms with Crippen molar-refractivity contribution in [1.82, 2.24) is 4.90 Å². The first-order valence-electron chi connectivity index (χ1n) is 4.03. The van der Waals surface area contributed by atoms with Crippen LogP contribution in [0.1, 0.15) is 13.8 Å². The minimum absolute atomic E-state index is 0.0602. The van der Waals surface area contributed by atoms with Crippen LogP contribution < -0.4 is 0 Å². The summed E-state index contributed by atoms with van der Waals surface area (Å²) < 4.78 is 0.194. The van der Waals surface area contributed by atoms with E-state index in [4.69, 9.17) is 11.6 Å². The number of nitrogens with zero attached hydrogens (tertiary/aromatic N) is 1. The first-order chi connectivity index (χ1) is 5.55. The van der Waals surface area contributed by atoms with Gasteiger partial charge in [0, 0.05) is 23.6 Å². The summed E-state index contributed by atoms with van der Waals surface area (Å²) in [6, 6.07) is 0. The molecule has 1 aliphatic rings. The molecule has 0 atom stereocenters. The minimum atomic E-state index is 0.0602. The Morgan fingerprint density at radius 2 is 2.33 bits per heavy atom. The van der Waals surface area contributed by atoms with Gasteiger partial charge < -0.3 is 4.90 Å². The molecule has 0 radical (unpaired) electrons. The molecular weight excluding hydrogens is 194 g/mol. The van der Waals surface area contributed by atoms with Gasteiger partial charge in [-0.05, 0) is 13.8 Å². The highest BCUT2D eigenvalue weighted by atomic mass is 35.5. The normalized spacial score (nSPS) is 22.4. The number of alkyl halides is 1. The van der Waals surface area contributed by atoms with E-state index >= 15 is 0 Å². The van der Waals surface area contributed by atoms with E-state index in [0.29, 0.717) is 0 Å². The van der Waals surface area contributed by atoms with E-state index in [1.807, 2.05) is 16.7 Å². The monoisotopic (exact) mass is 207 g/mol. The van der Waals surface area contributed by atoms with Crippen LogP contribution in [0.5, 0.6) is 0 Å². The minimum Gasteiger partial charge on any atom is -0.339 e. The molecule has 0 aromatic carbocycles. The summed E-state index contributed by atoms with van der Waals surface area (Å²) >= 11 is 7.40. The lowest BCUT2D eigenvalue weighted by atomic mass is 10.2. The van der Waals surface area contributed by atoms with Crippen molar-refractivity contribution in [2.45, 2.75) is 18.6 Å². The second-order valence-electron chi connectivity index (χ2n) is 3.56. The molecular formula is C8H14ClNOS. The Kier molecular flexibility index (Phi) is 3.29. The number of halogens is 1. The van der Waals surface area contributed by atoms with E-state index in [-0.39, 0.29) is 16.5 Å². The summed E-state index contributed by atoms with van der Waals surface area (Å²) in [5.41, 5.74) is 0. The molecule has 0 aromatic rings. The maximum Gasteiger partial charge on any atom is 0.237 e. The van der Waals surface area contributed by atoms with Crippen LogP contribution in [-0.4, -0.2) is 40.3 Å². The summed E-state index contributed by atoms with van der Waals surface area (Å²) in [6.45, 7) is 5.99. The standard InChI is InChI=1S/C8H14ClNOS/c1-8(2)6-10(3-4-12-8)7(11)5-9/h3-6H2,1-2H3. The molecule has 0 unspecified atom stereocenters. The van der Waals surface area contributed by atoms with Crippen LogP contribution >= 0.6 is 23.4 Å². The van der Waals surface area contributed by atoms with Crippen LogP contribution in [0, 0.1) is 0 Å². The predicted octanol–water partition coefficient (Wildman–Crippen LogP) is 1.58. The molecule has 70 valence electrons. The van der Waals surface area contributed by atoms with Gasteiger partial charge in [-0.2, -0.15) is 11.8 Å². The van der Waals surface area contributed by atoms with Gasteiger partial charge in [0.05, 0.1) is 0 Å². The van der Waals surface area contributed by atoms with Crippen molar-refractivity contribution in [1.29, 1.82) is 0 Å². The topological polar surface area (TPSA) is 20.3 Å². The zero-order chi connectivity index (χ0) is 9.19. The third kappa shape index (κ3) is 2.56. The van der Waals surface area contributed by atoms with Crippen molar-refractivity contribution in [3.8, 4) is 0 Å². The maximum atomic E-state index is 11.2. The van der Waals surface area contributed by atoms with Gasteiger partial charge >= 0.3 is 0 Å². The Labute approximate surface area is 82.6 Å². The van der Waals surface area contributed by atoms with E-state index in [0.717, 1.165) is 18.8 Å². The Morgan fingerprint density at radius 3 is 2.83 bits per heavy atom. The van der Waals surface area contributed by atoms with Crippen molar-refractivity contribution in [3.63, 3.8) is 0 Å². The van der Waals surface area contributed by atoms with E-state index in [2.05, 4.69) is 13.8 Å². The zero-order valence-electron chi connectivity index (χ0n) is 7.47. The molecule has 1 rings (SSSR count). The van der Waals surface area contributed by atoms with Crippen molar-refractivity contribution in [3.05, 3.63) is 0 Å². The molecule has 2 nitrogen and oxygen atoms in total. The molecule has 1 saturated heterocycles. The van der Waals surface area contributed by atoms with E-state index in [1.165, 1.54) is 0 Å². The Bertz CT molecular complexity index is 184. The first kappa shape index (κ1) is 10.2. The van der Waals surface area contributed by atoms with Crippen LogP contribution in [-0.2, 0) is 4.79 Å². The van der Waals surface area contributed by atoms with Crippen molar-refractivity contribution >= 4 is 29.3 Å². The summed E-state index contributed by atoms with van der Waals surface area (Å²) in [6.07, 6.45) is 0. The van der Waals surface area contributed by atoms with Gasteiger partial charge in [0.2, 0.25) is 5.91 Å². The quantitative estimate of drug-likeness (QED) is 0.609. The van der Waals surface area contributed by atoms with Crippen LogP contribution in [0.2, 0.25) is 0 Å². The highest BCUT2D eigenvalue weighted by Gasteiger charge is 2.28. The molecule has 1 heterocycles. The van der Waals surface area contributed by atoms with E-state index < -0.39 is 0 Å². The molecule has 1 aliphatic heterocycles. The molecule has 0 spiro atoms. The van der Waals surface area contributed by atoms with Gasteiger partial charge in [0.25, 0.3) is 0 Å². The largest absolute Gasteiger partial charge is 0.339 e. The van der Waals surface area contributed by atoms with Gasteiger partial charge in [-0.1, -0.05) is 0 Å². The SMILES string of the molecule is CC1(C)CN(C(=O)CCl)CCS1. The second-order valence-corrected chi connectivity index (χ2v) is 5.63. The van der Waals surface area contributed by atoms with Crippen molar-refractivity contribution in [2.24, 2.45) is 0 Å². The lowest BCUT2D eigenvalue weighted by Crippen LogP contribution is -2.46. The van der Waals surface area contributed by atoms with Crippen molar-refractivity contribution < 1.29 is 4.79 Å². The van der Waals surface area contributed by atoms with Gasteiger partial charge in [-0.25, -0.2) is 0 Å². The highest BCUT2D eigenvalue weighted by Crippen LogP contribution is 2.29. The number of hydrogen-bond donors (Lipinski definition) is 0. The Hall–Kier alpha value is 0.110.